The summed E-state index contributed by atoms with van der Waals surface area (Å²) in [5, 5.41) is 5.23. The summed E-state index contributed by atoms with van der Waals surface area (Å²) in [6, 6.07) is 10.7. The van der Waals surface area contributed by atoms with Gasteiger partial charge in [0.1, 0.15) is 23.1 Å². The average Bonchev–Trinajstić information content (AvgIpc) is 2.56. The van der Waals surface area contributed by atoms with Crippen LogP contribution in [0.1, 0.15) is 18.5 Å². The largest absolute Gasteiger partial charge is 0.496 e. The van der Waals surface area contributed by atoms with Crippen LogP contribution in [0.2, 0.25) is 0 Å². The second-order valence-electron chi connectivity index (χ2n) is 4.99. The van der Waals surface area contributed by atoms with Crippen LogP contribution in [0.25, 0.3) is 0 Å². The molecule has 2 aromatic carbocycles. The lowest BCUT2D eigenvalue weighted by Gasteiger charge is -2.17. The average molecular weight is 320 g/mol. The number of carbonyl (C=O) groups is 1. The summed E-state index contributed by atoms with van der Waals surface area (Å²) in [6.07, 6.45) is 0. The van der Waals surface area contributed by atoms with Gasteiger partial charge in [-0.3, -0.25) is 4.79 Å². The Morgan fingerprint density at radius 3 is 2.43 bits per heavy atom. The molecule has 0 aliphatic carbocycles. The van der Waals surface area contributed by atoms with Gasteiger partial charge in [0.15, 0.2) is 0 Å². The lowest BCUT2D eigenvalue weighted by Crippen LogP contribution is -2.30. The molecule has 23 heavy (non-hydrogen) atoms. The van der Waals surface area contributed by atoms with Gasteiger partial charge < -0.3 is 15.4 Å². The molecule has 0 aromatic heterocycles. The van der Waals surface area contributed by atoms with Crippen molar-refractivity contribution in [2.75, 3.05) is 19.0 Å². The minimum absolute atomic E-state index is 0.0903. The Bertz CT molecular complexity index is 672. The molecule has 2 aromatic rings. The number of amides is 1. The second kappa shape index (κ2) is 7.69. The van der Waals surface area contributed by atoms with E-state index in [4.69, 9.17) is 4.74 Å². The number of halogens is 2. The molecule has 0 spiro atoms. The number of hydrogen-bond donors (Lipinski definition) is 2. The van der Waals surface area contributed by atoms with Crippen LogP contribution in [0.15, 0.2) is 42.5 Å². The fourth-order valence-electron chi connectivity index (χ4n) is 2.18. The van der Waals surface area contributed by atoms with Gasteiger partial charge in [-0.2, -0.15) is 0 Å². The summed E-state index contributed by atoms with van der Waals surface area (Å²) in [7, 11) is 1.57. The van der Waals surface area contributed by atoms with Gasteiger partial charge in [-0.15, -0.1) is 0 Å². The number of ether oxygens (including phenoxy) is 1. The molecular formula is C17H18F2N2O2. The quantitative estimate of drug-likeness (QED) is 0.859. The van der Waals surface area contributed by atoms with Crippen molar-refractivity contribution in [3.05, 3.63) is 59.7 Å². The first kappa shape index (κ1) is 16.9. The summed E-state index contributed by atoms with van der Waals surface area (Å²) in [5.74, 6) is -1.45. The van der Waals surface area contributed by atoms with E-state index in [2.05, 4.69) is 10.6 Å². The molecule has 0 saturated carbocycles. The highest BCUT2D eigenvalue weighted by molar-refractivity contribution is 5.92. The standard InChI is InChI=1S/C17H18F2N2O2/c1-11(12-6-3-4-9-15(12)23-2)20-10-16(22)21-17-13(18)7-5-8-14(17)19/h3-9,11,20H,10H2,1-2H3,(H,21,22)/t11-/m1/s1. The van der Waals surface area contributed by atoms with Crippen LogP contribution in [0.5, 0.6) is 5.75 Å². The van der Waals surface area contributed by atoms with Crippen molar-refractivity contribution in [1.29, 1.82) is 0 Å². The first-order chi connectivity index (χ1) is 11.0. The van der Waals surface area contributed by atoms with Gasteiger partial charge in [0, 0.05) is 11.6 Å². The van der Waals surface area contributed by atoms with Crippen molar-refractivity contribution < 1.29 is 18.3 Å². The third kappa shape index (κ3) is 4.26. The first-order valence-electron chi connectivity index (χ1n) is 7.13. The Labute approximate surface area is 133 Å². The minimum atomic E-state index is -0.809. The van der Waals surface area contributed by atoms with Gasteiger partial charge in [-0.05, 0) is 25.1 Å². The lowest BCUT2D eigenvalue weighted by molar-refractivity contribution is -0.115. The zero-order chi connectivity index (χ0) is 16.8. The van der Waals surface area contributed by atoms with Crippen molar-refractivity contribution in [3.63, 3.8) is 0 Å². The van der Waals surface area contributed by atoms with E-state index >= 15 is 0 Å². The summed E-state index contributed by atoms with van der Waals surface area (Å²) in [5.41, 5.74) is 0.448. The number of methoxy groups -OCH3 is 1. The molecule has 2 rings (SSSR count). The van der Waals surface area contributed by atoms with E-state index in [1.807, 2.05) is 31.2 Å². The Balaban J connectivity index is 1.96. The summed E-state index contributed by atoms with van der Waals surface area (Å²) >= 11 is 0. The number of para-hydroxylation sites is 2. The SMILES string of the molecule is COc1ccccc1[C@@H](C)NCC(=O)Nc1c(F)cccc1F. The molecule has 0 fully saturated rings. The molecular weight excluding hydrogens is 302 g/mol. The Kier molecular flexibility index (Phi) is 5.65. The van der Waals surface area contributed by atoms with Crippen LogP contribution in [0.4, 0.5) is 14.5 Å². The van der Waals surface area contributed by atoms with Crippen molar-refractivity contribution in [2.45, 2.75) is 13.0 Å². The maximum atomic E-state index is 13.5. The smallest absolute Gasteiger partial charge is 0.238 e. The van der Waals surface area contributed by atoms with E-state index in [0.717, 1.165) is 17.7 Å². The lowest BCUT2D eigenvalue weighted by atomic mass is 10.1. The Morgan fingerprint density at radius 1 is 1.13 bits per heavy atom. The van der Waals surface area contributed by atoms with Crippen LogP contribution in [0.3, 0.4) is 0 Å². The zero-order valence-corrected chi connectivity index (χ0v) is 12.9. The van der Waals surface area contributed by atoms with Crippen LogP contribution >= 0.6 is 0 Å². The predicted octanol–water partition coefficient (Wildman–Crippen LogP) is 3.26. The Hall–Kier alpha value is -2.47. The van der Waals surface area contributed by atoms with Crippen LogP contribution in [-0.2, 0) is 4.79 Å². The van der Waals surface area contributed by atoms with E-state index in [1.54, 1.807) is 7.11 Å². The van der Waals surface area contributed by atoms with E-state index in [1.165, 1.54) is 6.07 Å². The number of benzene rings is 2. The molecule has 1 amide bonds. The predicted molar refractivity (Wildman–Crippen MR) is 84.4 cm³/mol. The van der Waals surface area contributed by atoms with E-state index < -0.39 is 23.2 Å². The molecule has 122 valence electrons. The van der Waals surface area contributed by atoms with Crippen molar-refractivity contribution in [3.8, 4) is 5.75 Å². The monoisotopic (exact) mass is 320 g/mol. The van der Waals surface area contributed by atoms with E-state index in [0.29, 0.717) is 5.75 Å². The number of rotatable bonds is 6. The van der Waals surface area contributed by atoms with Gasteiger partial charge in [0.25, 0.3) is 0 Å². The maximum absolute atomic E-state index is 13.5. The van der Waals surface area contributed by atoms with Crippen LogP contribution in [-0.4, -0.2) is 19.6 Å². The second-order valence-corrected chi connectivity index (χ2v) is 4.99. The summed E-state index contributed by atoms with van der Waals surface area (Å²) in [4.78, 5) is 11.9. The highest BCUT2D eigenvalue weighted by Crippen LogP contribution is 2.24. The first-order valence-corrected chi connectivity index (χ1v) is 7.13. The van der Waals surface area contributed by atoms with Crippen molar-refractivity contribution in [1.82, 2.24) is 5.32 Å². The molecule has 4 nitrogen and oxygen atoms in total. The molecule has 0 aliphatic heterocycles. The van der Waals surface area contributed by atoms with Crippen molar-refractivity contribution >= 4 is 11.6 Å². The molecule has 0 aliphatic rings. The van der Waals surface area contributed by atoms with Crippen molar-refractivity contribution in [2.24, 2.45) is 0 Å². The summed E-state index contributed by atoms with van der Waals surface area (Å²) < 4.78 is 32.2. The minimum Gasteiger partial charge on any atom is -0.496 e. The molecule has 0 saturated heterocycles. The van der Waals surface area contributed by atoms with E-state index in [-0.39, 0.29) is 12.6 Å². The van der Waals surface area contributed by atoms with Gasteiger partial charge in [0.2, 0.25) is 5.91 Å². The zero-order valence-electron chi connectivity index (χ0n) is 12.9. The maximum Gasteiger partial charge on any atom is 0.238 e. The third-order valence-electron chi connectivity index (χ3n) is 3.40. The summed E-state index contributed by atoms with van der Waals surface area (Å²) in [6.45, 7) is 1.78. The van der Waals surface area contributed by atoms with Crippen LogP contribution in [0, 0.1) is 11.6 Å². The molecule has 6 heteroatoms. The topological polar surface area (TPSA) is 50.4 Å². The van der Waals surface area contributed by atoms with Gasteiger partial charge in [0.05, 0.1) is 13.7 Å². The molecule has 1 atom stereocenters. The molecule has 0 heterocycles. The number of hydrogen-bond acceptors (Lipinski definition) is 3. The number of nitrogens with one attached hydrogen (secondary N) is 2. The Morgan fingerprint density at radius 2 is 1.78 bits per heavy atom. The molecule has 0 unspecified atom stereocenters. The highest BCUT2D eigenvalue weighted by Gasteiger charge is 2.14. The third-order valence-corrected chi connectivity index (χ3v) is 3.40. The molecule has 0 radical (unpaired) electrons. The molecule has 2 N–H and O–H groups in total. The van der Waals surface area contributed by atoms with Crippen LogP contribution < -0.4 is 15.4 Å². The fourth-order valence-corrected chi connectivity index (χ4v) is 2.18. The molecule has 0 bridgehead atoms. The fraction of sp³-hybridized carbons (Fsp3) is 0.235. The van der Waals surface area contributed by atoms with Gasteiger partial charge >= 0.3 is 0 Å². The van der Waals surface area contributed by atoms with Gasteiger partial charge in [-0.25, -0.2) is 8.78 Å². The number of carbonyl (C=O) groups excluding carboxylic acids is 1. The van der Waals surface area contributed by atoms with E-state index in [9.17, 15) is 13.6 Å². The number of anilines is 1. The van der Waals surface area contributed by atoms with Gasteiger partial charge in [-0.1, -0.05) is 24.3 Å². The highest BCUT2D eigenvalue weighted by atomic mass is 19.1. The normalized spacial score (nSPS) is 11.8.